The van der Waals surface area contributed by atoms with Crippen LogP contribution in [0.5, 0.6) is 6.01 Å². The first-order chi connectivity index (χ1) is 9.56. The summed E-state index contributed by atoms with van der Waals surface area (Å²) in [4.78, 5) is 3.68. The molecule has 0 bridgehead atoms. The molecule has 0 spiro atoms. The van der Waals surface area contributed by atoms with Gasteiger partial charge in [0.1, 0.15) is 11.0 Å². The number of sulfonamides is 1. The van der Waals surface area contributed by atoms with Gasteiger partial charge in [-0.25, -0.2) is 18.2 Å². The molecule has 1 heterocycles. The Kier molecular flexibility index (Phi) is 3.86. The Morgan fingerprint density at radius 1 is 1.45 bits per heavy atom. The Bertz CT molecular complexity index is 747. The van der Waals surface area contributed by atoms with Crippen LogP contribution in [0.15, 0.2) is 29.2 Å². The zero-order chi connectivity index (χ0) is 14.6. The molecule has 0 saturated heterocycles. The molecule has 2 aromatic rings. The smallest absolute Gasteiger partial charge is 0.337 e. The van der Waals surface area contributed by atoms with E-state index in [9.17, 15) is 8.42 Å². The predicted molar refractivity (Wildman–Crippen MR) is 69.5 cm³/mol. The fraction of sp³-hybridized carbons (Fsp3) is 0.182. The fourth-order valence-electron chi connectivity index (χ4n) is 1.46. The van der Waals surface area contributed by atoms with E-state index in [2.05, 4.69) is 19.9 Å². The summed E-state index contributed by atoms with van der Waals surface area (Å²) in [5.41, 5.74) is 0.0459. The Balaban J connectivity index is 2.29. The largest absolute Gasteiger partial charge is 0.463 e. The molecule has 2 N–H and O–H groups in total. The van der Waals surface area contributed by atoms with Gasteiger partial charge in [0.15, 0.2) is 0 Å². The molecule has 104 valence electrons. The van der Waals surface area contributed by atoms with Crippen molar-refractivity contribution in [3.05, 3.63) is 29.8 Å². The summed E-state index contributed by atoms with van der Waals surface area (Å²) < 4.78 is 31.5. The lowest BCUT2D eigenvalue weighted by molar-refractivity contribution is 0.314. The highest BCUT2D eigenvalue weighted by Crippen LogP contribution is 2.17. The number of benzene rings is 1. The maximum Gasteiger partial charge on any atom is 0.337 e. The topological polar surface area (TPSA) is 121 Å². The Labute approximate surface area is 115 Å². The second-order valence-corrected chi connectivity index (χ2v) is 5.26. The van der Waals surface area contributed by atoms with Gasteiger partial charge in [0.25, 0.3) is 10.0 Å². The number of nitriles is 1. The number of nitrogens with one attached hydrogen (secondary N) is 2. The molecule has 8 nitrogen and oxygen atoms in total. The maximum atomic E-state index is 12.2. The summed E-state index contributed by atoms with van der Waals surface area (Å²) in [5, 5.41) is 15.0. The number of hydrogen-bond donors (Lipinski definition) is 2. The minimum atomic E-state index is -3.92. The summed E-state index contributed by atoms with van der Waals surface area (Å²) in [6.07, 6.45) is 0. The Hall–Kier alpha value is -2.60. The minimum Gasteiger partial charge on any atom is -0.463 e. The summed E-state index contributed by atoms with van der Waals surface area (Å²) >= 11 is 0. The van der Waals surface area contributed by atoms with Crippen molar-refractivity contribution in [1.82, 2.24) is 15.2 Å². The van der Waals surface area contributed by atoms with Crippen LogP contribution in [0.2, 0.25) is 0 Å². The molecule has 0 radical (unpaired) electrons. The number of aromatic nitrogens is 3. The van der Waals surface area contributed by atoms with E-state index in [1.54, 1.807) is 13.0 Å². The molecule has 0 aliphatic heterocycles. The molecular formula is C11H11N5O3S. The van der Waals surface area contributed by atoms with Gasteiger partial charge in [-0.15, -0.1) is 5.10 Å². The molecule has 20 heavy (non-hydrogen) atoms. The molecule has 2 rings (SSSR count). The van der Waals surface area contributed by atoms with Crippen molar-refractivity contribution in [1.29, 1.82) is 5.26 Å². The molecule has 1 aromatic carbocycles. The van der Waals surface area contributed by atoms with E-state index in [1.807, 2.05) is 6.07 Å². The van der Waals surface area contributed by atoms with Crippen molar-refractivity contribution in [2.75, 3.05) is 11.3 Å². The number of anilines is 1. The van der Waals surface area contributed by atoms with Gasteiger partial charge >= 0.3 is 6.01 Å². The van der Waals surface area contributed by atoms with E-state index in [0.717, 1.165) is 0 Å². The molecule has 0 aliphatic carbocycles. The highest BCUT2D eigenvalue weighted by atomic mass is 32.2. The molecule has 0 atom stereocenters. The molecule has 0 aliphatic rings. The van der Waals surface area contributed by atoms with Crippen LogP contribution in [0, 0.1) is 11.3 Å². The number of aromatic amines is 1. The fourth-order valence-corrected chi connectivity index (χ4v) is 2.58. The predicted octanol–water partition coefficient (Wildman–Crippen LogP) is 0.876. The monoisotopic (exact) mass is 293 g/mol. The normalized spacial score (nSPS) is 10.8. The Morgan fingerprint density at radius 2 is 2.20 bits per heavy atom. The van der Waals surface area contributed by atoms with E-state index >= 15 is 0 Å². The van der Waals surface area contributed by atoms with Gasteiger partial charge in [0, 0.05) is 0 Å². The lowest BCUT2D eigenvalue weighted by atomic mass is 10.2. The third-order valence-corrected chi connectivity index (χ3v) is 3.66. The number of hydrogen-bond acceptors (Lipinski definition) is 6. The van der Waals surface area contributed by atoms with Crippen molar-refractivity contribution < 1.29 is 13.2 Å². The SMILES string of the molecule is CCOc1n[nH]c(NS(=O)(=O)c2ccccc2C#N)n1. The second-order valence-electron chi connectivity index (χ2n) is 3.61. The van der Waals surface area contributed by atoms with Gasteiger partial charge in [-0.1, -0.05) is 12.1 Å². The van der Waals surface area contributed by atoms with Crippen LogP contribution in [0.1, 0.15) is 12.5 Å². The number of H-pyrrole nitrogens is 1. The molecule has 0 fully saturated rings. The van der Waals surface area contributed by atoms with Gasteiger partial charge in [0.05, 0.1) is 12.2 Å². The average molecular weight is 293 g/mol. The quantitative estimate of drug-likeness (QED) is 0.844. The summed E-state index contributed by atoms with van der Waals surface area (Å²) in [5.74, 6) is -0.0822. The van der Waals surface area contributed by atoms with Crippen LogP contribution in [-0.4, -0.2) is 30.2 Å². The van der Waals surface area contributed by atoms with Gasteiger partial charge in [-0.05, 0) is 19.1 Å². The van der Waals surface area contributed by atoms with Gasteiger partial charge in [-0.3, -0.25) is 0 Å². The van der Waals surface area contributed by atoms with Crippen LogP contribution in [-0.2, 0) is 10.0 Å². The third-order valence-electron chi connectivity index (χ3n) is 2.27. The van der Waals surface area contributed by atoms with Crippen molar-refractivity contribution in [3.8, 4) is 12.1 Å². The van der Waals surface area contributed by atoms with Crippen LogP contribution in [0.3, 0.4) is 0 Å². The summed E-state index contributed by atoms with van der Waals surface area (Å²) in [6, 6.07) is 7.73. The van der Waals surface area contributed by atoms with Crippen LogP contribution in [0.4, 0.5) is 5.95 Å². The van der Waals surface area contributed by atoms with Crippen molar-refractivity contribution >= 4 is 16.0 Å². The van der Waals surface area contributed by atoms with Gasteiger partial charge in [0.2, 0.25) is 5.95 Å². The van der Waals surface area contributed by atoms with Crippen LogP contribution >= 0.6 is 0 Å². The lowest BCUT2D eigenvalue weighted by Gasteiger charge is -2.05. The molecule has 1 aromatic heterocycles. The lowest BCUT2D eigenvalue weighted by Crippen LogP contribution is -2.15. The van der Waals surface area contributed by atoms with E-state index in [1.165, 1.54) is 18.2 Å². The zero-order valence-electron chi connectivity index (χ0n) is 10.5. The summed E-state index contributed by atoms with van der Waals surface area (Å²) in [7, 11) is -3.92. The first-order valence-electron chi connectivity index (χ1n) is 5.64. The van der Waals surface area contributed by atoms with E-state index < -0.39 is 10.0 Å². The second kappa shape index (κ2) is 5.58. The minimum absolute atomic E-state index is 0.0405. The van der Waals surface area contributed by atoms with E-state index in [4.69, 9.17) is 10.00 Å². The maximum absolute atomic E-state index is 12.2. The van der Waals surface area contributed by atoms with Crippen molar-refractivity contribution in [2.45, 2.75) is 11.8 Å². The Morgan fingerprint density at radius 3 is 2.90 bits per heavy atom. The number of rotatable bonds is 5. The van der Waals surface area contributed by atoms with E-state index in [-0.39, 0.29) is 22.4 Å². The zero-order valence-corrected chi connectivity index (χ0v) is 11.3. The van der Waals surface area contributed by atoms with E-state index in [0.29, 0.717) is 6.61 Å². The number of nitrogens with zero attached hydrogens (tertiary/aromatic N) is 3. The van der Waals surface area contributed by atoms with Crippen molar-refractivity contribution in [3.63, 3.8) is 0 Å². The van der Waals surface area contributed by atoms with Gasteiger partial charge < -0.3 is 4.74 Å². The van der Waals surface area contributed by atoms with Crippen LogP contribution in [0.25, 0.3) is 0 Å². The molecule has 0 saturated carbocycles. The molecule has 0 unspecified atom stereocenters. The molecule has 9 heteroatoms. The van der Waals surface area contributed by atoms with Crippen molar-refractivity contribution in [2.24, 2.45) is 0 Å². The highest BCUT2D eigenvalue weighted by molar-refractivity contribution is 7.92. The van der Waals surface area contributed by atoms with Gasteiger partial charge in [-0.2, -0.15) is 10.2 Å². The first kappa shape index (κ1) is 13.8. The average Bonchev–Trinajstić information content (AvgIpc) is 2.85. The molecular weight excluding hydrogens is 282 g/mol. The molecule has 0 amide bonds. The third kappa shape index (κ3) is 2.86. The number of ether oxygens (including phenoxy) is 1. The standard InChI is InChI=1S/C11H11N5O3S/c1-2-19-11-13-10(14-15-11)16-20(17,18)9-6-4-3-5-8(9)7-12/h3-6H,2H2,1H3,(H2,13,14,15,16). The first-order valence-corrected chi connectivity index (χ1v) is 7.12. The highest BCUT2D eigenvalue weighted by Gasteiger charge is 2.20. The summed E-state index contributed by atoms with van der Waals surface area (Å²) in [6.45, 7) is 2.12. The van der Waals surface area contributed by atoms with Crippen LogP contribution < -0.4 is 9.46 Å².